The monoisotopic (exact) mass is 559 g/mol. The molecule has 2 amide bonds. The number of hydrogen-bond acceptors (Lipinski definition) is 6. The zero-order valence-electron chi connectivity index (χ0n) is 15.9. The van der Waals surface area contributed by atoms with Gasteiger partial charge >= 0.3 is 17.6 Å². The number of hydrogen-bond donors (Lipinski definition) is 4. The third kappa shape index (κ3) is 6.33. The second-order valence-corrected chi connectivity index (χ2v) is 7.52. The molecule has 0 aromatic heterocycles. The van der Waals surface area contributed by atoms with Crippen LogP contribution < -0.4 is 10.6 Å². The Balaban J connectivity index is 0.000000316. The summed E-state index contributed by atoms with van der Waals surface area (Å²) in [5.41, 5.74) is 0.558. The van der Waals surface area contributed by atoms with Gasteiger partial charge in [-0.05, 0) is 75.0 Å². The average Bonchev–Trinajstić information content (AvgIpc) is 2.65. The van der Waals surface area contributed by atoms with Crippen LogP contribution in [-0.4, -0.2) is 39.9 Å². The predicted molar refractivity (Wildman–Crippen MR) is 118 cm³/mol. The minimum Gasteiger partial charge on any atom is -0.478 e. The summed E-state index contributed by atoms with van der Waals surface area (Å²) < 4.78 is 0.588. The van der Waals surface area contributed by atoms with Gasteiger partial charge in [0, 0.05) is 14.6 Å². The van der Waals surface area contributed by atoms with Crippen LogP contribution in [0.1, 0.15) is 31.8 Å². The van der Waals surface area contributed by atoms with Crippen LogP contribution in [0, 0.1) is 24.0 Å². The van der Waals surface area contributed by atoms with Crippen LogP contribution in [0.4, 0.5) is 17.1 Å². The third-order valence-corrected chi connectivity index (χ3v) is 5.09. The number of benzene rings is 2. The lowest BCUT2D eigenvalue weighted by molar-refractivity contribution is -0.384. The number of carbonyl (C=O) groups excluding carboxylic acids is 2. The van der Waals surface area contributed by atoms with Crippen molar-refractivity contribution < 1.29 is 34.3 Å². The Kier molecular flexibility index (Phi) is 9.27. The number of nitro benzene ring substituents is 1. The van der Waals surface area contributed by atoms with E-state index in [1.165, 1.54) is 19.1 Å². The molecule has 0 aliphatic carbocycles. The first kappa shape index (κ1) is 25.7. The van der Waals surface area contributed by atoms with Gasteiger partial charge in [0.15, 0.2) is 5.56 Å². The Labute approximate surface area is 191 Å². The molecule has 0 aliphatic heterocycles. The summed E-state index contributed by atoms with van der Waals surface area (Å²) in [5, 5.41) is 33.2. The smallest absolute Gasteiger partial charge is 0.343 e. The van der Waals surface area contributed by atoms with Gasteiger partial charge in [-0.15, -0.1) is 0 Å². The van der Waals surface area contributed by atoms with Gasteiger partial charge in [0.2, 0.25) is 12.8 Å². The van der Waals surface area contributed by atoms with Gasteiger partial charge in [0.1, 0.15) is 5.69 Å². The number of nitro groups is 1. The fourth-order valence-electron chi connectivity index (χ4n) is 2.44. The molecule has 0 heterocycles. The zero-order chi connectivity index (χ0) is 23.9. The van der Waals surface area contributed by atoms with E-state index in [9.17, 15) is 29.3 Å². The lowest BCUT2D eigenvalue weighted by atomic mass is 10.1. The number of halogens is 2. The standard InChI is InChI=1S/C9H7BrN2O5.C9H8BrNO3/c1-4-2-5(10)6(9(14)15)8(12(16)17)7(4)11-3-13;1-5-2-7(10)6(9(13)14)3-8(5)11-4-12/h2-3H,1H3,(H,11,13)(H,14,15);2-4H,1H3,(H,11,12)(H,13,14). The first-order chi connectivity index (χ1) is 14.5. The van der Waals surface area contributed by atoms with Crippen LogP contribution in [0.25, 0.3) is 0 Å². The maximum absolute atomic E-state index is 11.0. The largest absolute Gasteiger partial charge is 0.478 e. The number of carboxylic acid groups (broad SMARTS) is 2. The molecule has 0 unspecified atom stereocenters. The maximum atomic E-state index is 11.0. The van der Waals surface area contributed by atoms with Gasteiger partial charge in [0.25, 0.3) is 0 Å². The van der Waals surface area contributed by atoms with Crippen molar-refractivity contribution in [3.05, 3.63) is 59.5 Å². The molecular weight excluding hydrogens is 546 g/mol. The molecular formula is C18H15Br2N3O8. The van der Waals surface area contributed by atoms with Crippen LogP contribution in [0.3, 0.4) is 0 Å². The van der Waals surface area contributed by atoms with E-state index in [4.69, 9.17) is 10.2 Å². The highest BCUT2D eigenvalue weighted by Gasteiger charge is 2.29. The van der Waals surface area contributed by atoms with E-state index in [0.717, 1.165) is 5.56 Å². The number of carbonyl (C=O) groups is 4. The van der Waals surface area contributed by atoms with Crippen LogP contribution in [-0.2, 0) is 9.59 Å². The van der Waals surface area contributed by atoms with Gasteiger partial charge < -0.3 is 20.8 Å². The normalized spacial score (nSPS) is 9.68. The summed E-state index contributed by atoms with van der Waals surface area (Å²) in [6.45, 7) is 3.30. The molecule has 0 spiro atoms. The second-order valence-electron chi connectivity index (χ2n) is 5.81. The molecule has 2 rings (SSSR count). The SMILES string of the molecule is Cc1cc(Br)c(C(=O)O)c([N+](=O)[O-])c1NC=O.Cc1cc(Br)c(C(=O)O)cc1NC=O. The Morgan fingerprint density at radius 2 is 1.52 bits per heavy atom. The molecule has 4 N–H and O–H groups in total. The molecule has 0 saturated carbocycles. The van der Waals surface area contributed by atoms with Gasteiger partial charge in [-0.1, -0.05) is 0 Å². The summed E-state index contributed by atoms with van der Waals surface area (Å²) >= 11 is 6.09. The number of aryl methyl sites for hydroxylation is 2. The highest BCUT2D eigenvalue weighted by Crippen LogP contribution is 2.36. The fourth-order valence-corrected chi connectivity index (χ4v) is 3.77. The number of carboxylic acids is 2. The second kappa shape index (κ2) is 11.2. The lowest BCUT2D eigenvalue weighted by Crippen LogP contribution is -2.09. The Morgan fingerprint density at radius 1 is 0.968 bits per heavy atom. The Morgan fingerprint density at radius 3 is 1.97 bits per heavy atom. The molecule has 11 nitrogen and oxygen atoms in total. The quantitative estimate of drug-likeness (QED) is 0.223. The van der Waals surface area contributed by atoms with Gasteiger partial charge in [-0.2, -0.15) is 0 Å². The number of nitrogens with zero attached hydrogens (tertiary/aromatic N) is 1. The Hall–Kier alpha value is -3.32. The number of aromatic carboxylic acids is 2. The zero-order valence-corrected chi connectivity index (χ0v) is 19.1. The van der Waals surface area contributed by atoms with Gasteiger partial charge in [-0.3, -0.25) is 19.7 Å². The van der Waals surface area contributed by atoms with Crippen molar-refractivity contribution in [3.8, 4) is 0 Å². The number of anilines is 2. The van der Waals surface area contributed by atoms with E-state index in [2.05, 4.69) is 42.5 Å². The average molecular weight is 561 g/mol. The molecule has 0 radical (unpaired) electrons. The molecule has 31 heavy (non-hydrogen) atoms. The topological polar surface area (TPSA) is 176 Å². The van der Waals surface area contributed by atoms with E-state index in [0.29, 0.717) is 22.1 Å². The van der Waals surface area contributed by atoms with Crippen molar-refractivity contribution in [2.45, 2.75) is 13.8 Å². The molecule has 0 fully saturated rings. The summed E-state index contributed by atoms with van der Waals surface area (Å²) in [5.74, 6) is -2.48. The number of nitrogens with one attached hydrogen (secondary N) is 2. The van der Waals surface area contributed by atoms with Crippen molar-refractivity contribution in [2.75, 3.05) is 10.6 Å². The summed E-state index contributed by atoms with van der Waals surface area (Å²) in [7, 11) is 0. The maximum Gasteiger partial charge on any atom is 0.343 e. The highest BCUT2D eigenvalue weighted by molar-refractivity contribution is 9.10. The Bertz CT molecular complexity index is 1070. The number of amides is 2. The van der Waals surface area contributed by atoms with E-state index >= 15 is 0 Å². The molecule has 0 saturated heterocycles. The van der Waals surface area contributed by atoms with Gasteiger partial charge in [0.05, 0.1) is 10.5 Å². The number of rotatable bonds is 7. The molecule has 2 aromatic carbocycles. The minimum atomic E-state index is -1.45. The van der Waals surface area contributed by atoms with Crippen molar-refractivity contribution in [3.63, 3.8) is 0 Å². The summed E-state index contributed by atoms with van der Waals surface area (Å²) in [4.78, 5) is 52.4. The summed E-state index contributed by atoms with van der Waals surface area (Å²) in [6.07, 6.45) is 0.775. The van der Waals surface area contributed by atoms with E-state index in [-0.39, 0.29) is 22.1 Å². The van der Waals surface area contributed by atoms with Crippen LogP contribution >= 0.6 is 31.9 Å². The third-order valence-electron chi connectivity index (χ3n) is 3.81. The van der Waals surface area contributed by atoms with E-state index in [1.807, 2.05) is 0 Å². The van der Waals surface area contributed by atoms with Crippen LogP contribution in [0.15, 0.2) is 27.1 Å². The first-order valence-electron chi connectivity index (χ1n) is 8.10. The minimum absolute atomic E-state index is 0.0886. The fraction of sp³-hybridized carbons (Fsp3) is 0.111. The van der Waals surface area contributed by atoms with Crippen molar-refractivity contribution >= 4 is 73.7 Å². The van der Waals surface area contributed by atoms with Crippen molar-refractivity contribution in [2.24, 2.45) is 0 Å². The van der Waals surface area contributed by atoms with E-state index in [1.54, 1.807) is 13.0 Å². The molecule has 13 heteroatoms. The van der Waals surface area contributed by atoms with Crippen molar-refractivity contribution in [1.29, 1.82) is 0 Å². The molecule has 2 aromatic rings. The molecule has 0 aliphatic rings. The van der Waals surface area contributed by atoms with Gasteiger partial charge in [-0.25, -0.2) is 9.59 Å². The molecule has 0 bridgehead atoms. The lowest BCUT2D eigenvalue weighted by Gasteiger charge is -2.09. The molecule has 0 atom stereocenters. The summed E-state index contributed by atoms with van der Waals surface area (Å²) in [6, 6.07) is 4.45. The van der Waals surface area contributed by atoms with E-state index < -0.39 is 28.1 Å². The van der Waals surface area contributed by atoms with Crippen LogP contribution in [0.2, 0.25) is 0 Å². The molecule has 164 valence electrons. The highest BCUT2D eigenvalue weighted by atomic mass is 79.9. The predicted octanol–water partition coefficient (Wildman–Crippen LogP) is 3.96. The van der Waals surface area contributed by atoms with Crippen molar-refractivity contribution in [1.82, 2.24) is 0 Å². The first-order valence-corrected chi connectivity index (χ1v) is 9.69. The van der Waals surface area contributed by atoms with Crippen LogP contribution in [0.5, 0.6) is 0 Å².